The second kappa shape index (κ2) is 8.09. The van der Waals surface area contributed by atoms with Gasteiger partial charge in [0.15, 0.2) is 0 Å². The van der Waals surface area contributed by atoms with E-state index in [4.69, 9.17) is 4.74 Å². The van der Waals surface area contributed by atoms with Gasteiger partial charge in [-0.3, -0.25) is 0 Å². The van der Waals surface area contributed by atoms with Crippen molar-refractivity contribution in [1.29, 1.82) is 0 Å². The molecule has 3 aliphatic heterocycles. The van der Waals surface area contributed by atoms with Crippen LogP contribution < -0.4 is 5.32 Å². The molecule has 1 aromatic rings. The van der Waals surface area contributed by atoms with Crippen molar-refractivity contribution >= 4 is 11.8 Å². The molecule has 1 unspecified atom stereocenters. The Labute approximate surface area is 163 Å². The molecule has 0 saturated carbocycles. The van der Waals surface area contributed by atoms with Crippen molar-refractivity contribution in [2.75, 3.05) is 44.6 Å². The molecule has 1 N–H and O–H groups in total. The molecule has 3 aliphatic rings. The number of fused-ring (bicyclic) bond motifs is 2. The molecule has 4 rings (SSSR count). The van der Waals surface area contributed by atoms with E-state index >= 15 is 0 Å². The lowest BCUT2D eigenvalue weighted by atomic mass is 9.74. The quantitative estimate of drug-likeness (QED) is 0.877. The number of nitrogens with one attached hydrogen (secondary N) is 1. The highest BCUT2D eigenvalue weighted by Crippen LogP contribution is 2.44. The van der Waals surface area contributed by atoms with E-state index in [1.807, 2.05) is 11.8 Å². The standard InChI is InChI=1S/C22H33N3O2/c1-2-16-27-21(26)25-12-5-6-18(9-13-25)24-14-10-22(11-15-24)17-23-20-8-4-3-7-19(20)22/h3-4,7-8,18,23H,2,5-6,9-17H2,1H3. The molecule has 27 heavy (non-hydrogen) atoms. The Morgan fingerprint density at radius 3 is 2.81 bits per heavy atom. The van der Waals surface area contributed by atoms with Crippen LogP contribution in [0.25, 0.3) is 0 Å². The van der Waals surface area contributed by atoms with Crippen LogP contribution in [0.5, 0.6) is 0 Å². The first-order valence-electron chi connectivity index (χ1n) is 10.7. The molecule has 1 atom stereocenters. The first-order chi connectivity index (χ1) is 13.2. The third-order valence-electron chi connectivity index (χ3n) is 6.77. The van der Waals surface area contributed by atoms with E-state index < -0.39 is 0 Å². The van der Waals surface area contributed by atoms with Gasteiger partial charge in [0.2, 0.25) is 0 Å². The lowest BCUT2D eigenvalue weighted by Gasteiger charge is -2.42. The van der Waals surface area contributed by atoms with Gasteiger partial charge in [-0.05, 0) is 63.2 Å². The maximum Gasteiger partial charge on any atom is 0.409 e. The second-order valence-electron chi connectivity index (χ2n) is 8.40. The topological polar surface area (TPSA) is 44.8 Å². The van der Waals surface area contributed by atoms with Crippen LogP contribution in [-0.2, 0) is 10.2 Å². The largest absolute Gasteiger partial charge is 0.449 e. The van der Waals surface area contributed by atoms with E-state index in [1.165, 1.54) is 43.6 Å². The van der Waals surface area contributed by atoms with Gasteiger partial charge in [-0.2, -0.15) is 0 Å². The molecule has 148 valence electrons. The molecular formula is C22H33N3O2. The van der Waals surface area contributed by atoms with Crippen LogP contribution in [0, 0.1) is 0 Å². The zero-order valence-electron chi connectivity index (χ0n) is 16.6. The highest BCUT2D eigenvalue weighted by Gasteiger charge is 2.42. The third kappa shape index (κ3) is 3.79. The predicted octanol–water partition coefficient (Wildman–Crippen LogP) is 3.85. The van der Waals surface area contributed by atoms with Gasteiger partial charge in [-0.15, -0.1) is 0 Å². The summed E-state index contributed by atoms with van der Waals surface area (Å²) in [7, 11) is 0. The number of piperidine rings is 1. The summed E-state index contributed by atoms with van der Waals surface area (Å²) in [6, 6.07) is 9.45. The molecule has 1 aromatic carbocycles. The zero-order valence-corrected chi connectivity index (χ0v) is 16.6. The van der Waals surface area contributed by atoms with E-state index in [1.54, 1.807) is 0 Å². The predicted molar refractivity (Wildman–Crippen MR) is 108 cm³/mol. The molecule has 2 fully saturated rings. The zero-order chi connectivity index (χ0) is 18.7. The van der Waals surface area contributed by atoms with Gasteiger partial charge in [0.1, 0.15) is 0 Å². The Kier molecular flexibility index (Phi) is 5.58. The van der Waals surface area contributed by atoms with E-state index in [0.717, 1.165) is 38.9 Å². The number of likely N-dealkylation sites (tertiary alicyclic amines) is 2. The van der Waals surface area contributed by atoms with Gasteiger partial charge in [0, 0.05) is 36.8 Å². The molecule has 5 heteroatoms. The number of carbonyl (C=O) groups excluding carboxylic acids is 1. The Morgan fingerprint density at radius 2 is 2.00 bits per heavy atom. The minimum Gasteiger partial charge on any atom is -0.449 e. The van der Waals surface area contributed by atoms with Crippen molar-refractivity contribution in [2.24, 2.45) is 0 Å². The number of anilines is 1. The Morgan fingerprint density at radius 1 is 1.19 bits per heavy atom. The normalized spacial score (nSPS) is 24.9. The van der Waals surface area contributed by atoms with Crippen LogP contribution in [0.3, 0.4) is 0 Å². The van der Waals surface area contributed by atoms with Crippen LogP contribution in [0.1, 0.15) is 51.0 Å². The van der Waals surface area contributed by atoms with Crippen molar-refractivity contribution in [3.8, 4) is 0 Å². The van der Waals surface area contributed by atoms with E-state index in [2.05, 4.69) is 34.5 Å². The number of amides is 1. The SMILES string of the molecule is CCCOC(=O)N1CCCC(N2CCC3(CC2)CNc2ccccc23)CC1. The molecule has 5 nitrogen and oxygen atoms in total. The van der Waals surface area contributed by atoms with Gasteiger partial charge in [-0.25, -0.2) is 4.79 Å². The maximum absolute atomic E-state index is 12.2. The first-order valence-corrected chi connectivity index (χ1v) is 10.7. The number of hydrogen-bond donors (Lipinski definition) is 1. The average molecular weight is 372 g/mol. The Bertz CT molecular complexity index is 655. The molecule has 0 aromatic heterocycles. The van der Waals surface area contributed by atoms with Crippen molar-refractivity contribution in [3.05, 3.63) is 29.8 Å². The molecule has 0 radical (unpaired) electrons. The highest BCUT2D eigenvalue weighted by atomic mass is 16.6. The second-order valence-corrected chi connectivity index (χ2v) is 8.40. The summed E-state index contributed by atoms with van der Waals surface area (Å²) >= 11 is 0. The lowest BCUT2D eigenvalue weighted by molar-refractivity contribution is 0.0972. The first kappa shape index (κ1) is 18.6. The van der Waals surface area contributed by atoms with Gasteiger partial charge in [0.05, 0.1) is 6.61 Å². The number of ether oxygens (including phenoxy) is 1. The van der Waals surface area contributed by atoms with Gasteiger partial charge in [-0.1, -0.05) is 25.1 Å². The number of carbonyl (C=O) groups is 1. The molecule has 0 aliphatic carbocycles. The number of benzene rings is 1. The fraction of sp³-hybridized carbons (Fsp3) is 0.682. The molecule has 0 bridgehead atoms. The van der Waals surface area contributed by atoms with E-state index in [-0.39, 0.29) is 6.09 Å². The highest BCUT2D eigenvalue weighted by molar-refractivity contribution is 5.67. The van der Waals surface area contributed by atoms with Crippen LogP contribution in [-0.4, -0.2) is 61.3 Å². The number of rotatable bonds is 3. The molecular weight excluding hydrogens is 338 g/mol. The van der Waals surface area contributed by atoms with Crippen molar-refractivity contribution in [3.63, 3.8) is 0 Å². The average Bonchev–Trinajstić information content (AvgIpc) is 2.89. The minimum absolute atomic E-state index is 0.122. The number of nitrogens with zero attached hydrogens (tertiary/aromatic N) is 2. The summed E-state index contributed by atoms with van der Waals surface area (Å²) in [5.41, 5.74) is 3.19. The lowest BCUT2D eigenvalue weighted by Crippen LogP contribution is -2.48. The van der Waals surface area contributed by atoms with Crippen LogP contribution in [0.2, 0.25) is 0 Å². The summed E-state index contributed by atoms with van der Waals surface area (Å²) in [5.74, 6) is 0. The number of para-hydroxylation sites is 1. The summed E-state index contributed by atoms with van der Waals surface area (Å²) in [6.45, 7) is 7.66. The van der Waals surface area contributed by atoms with Crippen molar-refractivity contribution in [2.45, 2.75) is 56.9 Å². The monoisotopic (exact) mass is 371 g/mol. The molecule has 1 spiro atoms. The smallest absolute Gasteiger partial charge is 0.409 e. The summed E-state index contributed by atoms with van der Waals surface area (Å²) < 4.78 is 5.33. The van der Waals surface area contributed by atoms with Crippen LogP contribution in [0.15, 0.2) is 24.3 Å². The van der Waals surface area contributed by atoms with E-state index in [0.29, 0.717) is 18.1 Å². The van der Waals surface area contributed by atoms with Crippen molar-refractivity contribution < 1.29 is 9.53 Å². The minimum atomic E-state index is -0.122. The van der Waals surface area contributed by atoms with Crippen LogP contribution in [0.4, 0.5) is 10.5 Å². The number of hydrogen-bond acceptors (Lipinski definition) is 4. The maximum atomic E-state index is 12.2. The van der Waals surface area contributed by atoms with Gasteiger partial charge < -0.3 is 19.9 Å². The Hall–Kier alpha value is -1.75. The summed E-state index contributed by atoms with van der Waals surface area (Å²) in [5, 5.41) is 3.62. The molecule has 3 heterocycles. The summed E-state index contributed by atoms with van der Waals surface area (Å²) in [6.07, 6.45) is 6.57. The van der Waals surface area contributed by atoms with Gasteiger partial charge >= 0.3 is 6.09 Å². The van der Waals surface area contributed by atoms with Gasteiger partial charge in [0.25, 0.3) is 0 Å². The Balaban J connectivity index is 1.32. The fourth-order valence-electron chi connectivity index (χ4n) is 5.13. The third-order valence-corrected chi connectivity index (χ3v) is 6.77. The van der Waals surface area contributed by atoms with E-state index in [9.17, 15) is 4.79 Å². The molecule has 1 amide bonds. The fourth-order valence-corrected chi connectivity index (χ4v) is 5.13. The molecule has 2 saturated heterocycles. The van der Waals surface area contributed by atoms with Crippen LogP contribution >= 0.6 is 0 Å². The van der Waals surface area contributed by atoms with Crippen molar-refractivity contribution in [1.82, 2.24) is 9.80 Å². The summed E-state index contributed by atoms with van der Waals surface area (Å²) in [4.78, 5) is 16.8.